The van der Waals surface area contributed by atoms with E-state index in [-0.39, 0.29) is 38.0 Å². The number of ether oxygens (including phenoxy) is 3. The molecule has 0 aliphatic rings. The minimum atomic E-state index is -0.851. The second-order valence-electron chi connectivity index (χ2n) is 17.7. The molecule has 6 nitrogen and oxygen atoms in total. The summed E-state index contributed by atoms with van der Waals surface area (Å²) in [6.07, 6.45) is 83.8. The molecule has 0 saturated carbocycles. The van der Waals surface area contributed by atoms with E-state index in [2.05, 4.69) is 179 Å². The highest BCUT2D eigenvalue weighted by Gasteiger charge is 2.19. The normalized spacial score (nSPS) is 13.3. The number of unbranched alkanes of at least 4 members (excludes halogenated alkanes) is 11. The van der Waals surface area contributed by atoms with Gasteiger partial charge in [0.2, 0.25) is 0 Å². The summed E-state index contributed by atoms with van der Waals surface area (Å²) in [5.41, 5.74) is 0. The molecule has 0 rings (SSSR count). The number of allylic oxidation sites excluding steroid dienone is 26. The quantitative estimate of drug-likeness (QED) is 0.0262. The third kappa shape index (κ3) is 55.8. The van der Waals surface area contributed by atoms with Crippen molar-refractivity contribution in [3.63, 3.8) is 0 Å². The summed E-state index contributed by atoms with van der Waals surface area (Å²) in [5.74, 6) is -1.10. The molecule has 0 spiro atoms. The summed E-state index contributed by atoms with van der Waals surface area (Å²) in [5, 5.41) is 0. The number of carbonyl (C=O) groups is 3. The van der Waals surface area contributed by atoms with Crippen LogP contribution in [0.4, 0.5) is 0 Å². The van der Waals surface area contributed by atoms with Crippen molar-refractivity contribution in [2.75, 3.05) is 13.2 Å². The molecule has 0 aliphatic carbocycles. The zero-order valence-corrected chi connectivity index (χ0v) is 45.2. The molecule has 0 unspecified atom stereocenters. The molecule has 0 N–H and O–H groups in total. The van der Waals surface area contributed by atoms with Gasteiger partial charge in [0, 0.05) is 19.3 Å². The maximum atomic E-state index is 12.8. The van der Waals surface area contributed by atoms with Crippen LogP contribution in [0.2, 0.25) is 0 Å². The van der Waals surface area contributed by atoms with E-state index in [0.29, 0.717) is 19.3 Å². The second kappa shape index (κ2) is 57.6. The van der Waals surface area contributed by atoms with E-state index in [1.807, 2.05) is 0 Å². The molecular weight excluding hydrogens is 877 g/mol. The van der Waals surface area contributed by atoms with E-state index >= 15 is 0 Å². The van der Waals surface area contributed by atoms with Crippen LogP contribution in [0.1, 0.15) is 213 Å². The van der Waals surface area contributed by atoms with Crippen LogP contribution in [0.25, 0.3) is 0 Å². The van der Waals surface area contributed by atoms with Gasteiger partial charge >= 0.3 is 17.9 Å². The van der Waals surface area contributed by atoms with Crippen LogP contribution in [-0.4, -0.2) is 37.2 Å². The van der Waals surface area contributed by atoms with Crippen molar-refractivity contribution < 1.29 is 28.6 Å². The van der Waals surface area contributed by atoms with Gasteiger partial charge in [-0.2, -0.15) is 0 Å². The Labute approximate surface area is 435 Å². The summed E-state index contributed by atoms with van der Waals surface area (Å²) >= 11 is 0. The van der Waals surface area contributed by atoms with Gasteiger partial charge in [-0.15, -0.1) is 0 Å². The average Bonchev–Trinajstić information content (AvgIpc) is 3.37. The topological polar surface area (TPSA) is 78.9 Å². The minimum Gasteiger partial charge on any atom is -0.462 e. The van der Waals surface area contributed by atoms with Gasteiger partial charge in [-0.05, 0) is 141 Å². The third-order valence-corrected chi connectivity index (χ3v) is 11.0. The molecule has 1 atom stereocenters. The van der Waals surface area contributed by atoms with E-state index < -0.39 is 12.1 Å². The van der Waals surface area contributed by atoms with Gasteiger partial charge in [-0.25, -0.2) is 0 Å². The molecule has 396 valence electrons. The molecule has 0 amide bonds. The second-order valence-corrected chi connectivity index (χ2v) is 17.7. The Morgan fingerprint density at radius 3 is 0.887 bits per heavy atom. The highest BCUT2D eigenvalue weighted by Crippen LogP contribution is 2.10. The van der Waals surface area contributed by atoms with Crippen molar-refractivity contribution in [3.8, 4) is 0 Å². The predicted octanol–water partition coefficient (Wildman–Crippen LogP) is 19.0. The number of hydrogen-bond donors (Lipinski definition) is 0. The lowest BCUT2D eigenvalue weighted by atomic mass is 10.1. The Balaban J connectivity index is 4.66. The monoisotopic (exact) mass is 977 g/mol. The molecule has 0 aromatic heterocycles. The van der Waals surface area contributed by atoms with Crippen molar-refractivity contribution in [1.29, 1.82) is 0 Å². The highest BCUT2D eigenvalue weighted by molar-refractivity contribution is 5.71. The maximum Gasteiger partial charge on any atom is 0.306 e. The minimum absolute atomic E-state index is 0.142. The van der Waals surface area contributed by atoms with Crippen molar-refractivity contribution >= 4 is 17.9 Å². The zero-order chi connectivity index (χ0) is 51.4. The SMILES string of the molecule is CC/C=C\C/C=C\C/C=C\C/C=C\C/C=C\CCCCCC(=O)OC[C@@H](COC(=O)CCC/C=C\C/C=C\C/C=C\C/C=C\CCCCC)OC(=O)CCC/C=C\C/C=C\C/C=C\C/C=C\CCCCC. The fourth-order valence-electron chi connectivity index (χ4n) is 6.80. The molecular formula is C65H100O6. The Bertz CT molecular complexity index is 1640. The molecule has 0 radical (unpaired) electrons. The van der Waals surface area contributed by atoms with Crippen LogP contribution in [0.5, 0.6) is 0 Å². The van der Waals surface area contributed by atoms with Gasteiger partial charge in [0.05, 0.1) is 0 Å². The molecule has 0 heterocycles. The lowest BCUT2D eigenvalue weighted by Gasteiger charge is -2.18. The molecule has 0 aliphatic heterocycles. The van der Waals surface area contributed by atoms with Crippen LogP contribution in [-0.2, 0) is 28.6 Å². The summed E-state index contributed by atoms with van der Waals surface area (Å²) in [6.45, 7) is 6.32. The number of carbonyl (C=O) groups excluding carboxylic acids is 3. The van der Waals surface area contributed by atoms with Gasteiger partial charge in [-0.1, -0.05) is 211 Å². The molecule has 0 bridgehead atoms. The van der Waals surface area contributed by atoms with E-state index in [1.165, 1.54) is 51.4 Å². The van der Waals surface area contributed by atoms with E-state index in [1.54, 1.807) is 0 Å². The van der Waals surface area contributed by atoms with Crippen LogP contribution >= 0.6 is 0 Å². The number of esters is 3. The molecule has 0 aromatic rings. The van der Waals surface area contributed by atoms with Crippen LogP contribution in [0.15, 0.2) is 158 Å². The molecule has 6 heteroatoms. The first-order chi connectivity index (χ1) is 35.0. The Kier molecular flexibility index (Phi) is 53.6. The van der Waals surface area contributed by atoms with E-state index in [9.17, 15) is 14.4 Å². The van der Waals surface area contributed by atoms with Crippen molar-refractivity contribution in [1.82, 2.24) is 0 Å². The zero-order valence-electron chi connectivity index (χ0n) is 45.2. The largest absolute Gasteiger partial charge is 0.462 e. The smallest absolute Gasteiger partial charge is 0.306 e. The van der Waals surface area contributed by atoms with Gasteiger partial charge in [0.15, 0.2) is 6.10 Å². The Hall–Kier alpha value is -4.97. The first-order valence-corrected chi connectivity index (χ1v) is 28.0. The lowest BCUT2D eigenvalue weighted by Crippen LogP contribution is -2.30. The molecule has 0 fully saturated rings. The van der Waals surface area contributed by atoms with Gasteiger partial charge < -0.3 is 14.2 Å². The fourth-order valence-corrected chi connectivity index (χ4v) is 6.80. The summed E-state index contributed by atoms with van der Waals surface area (Å²) in [7, 11) is 0. The summed E-state index contributed by atoms with van der Waals surface area (Å²) in [6, 6.07) is 0. The van der Waals surface area contributed by atoms with Gasteiger partial charge in [0.25, 0.3) is 0 Å². The van der Waals surface area contributed by atoms with E-state index in [4.69, 9.17) is 14.2 Å². The highest BCUT2D eigenvalue weighted by atomic mass is 16.6. The van der Waals surface area contributed by atoms with Crippen molar-refractivity contribution in [3.05, 3.63) is 158 Å². The summed E-state index contributed by atoms with van der Waals surface area (Å²) in [4.78, 5) is 38.1. The van der Waals surface area contributed by atoms with Crippen molar-refractivity contribution in [2.24, 2.45) is 0 Å². The molecule has 71 heavy (non-hydrogen) atoms. The first-order valence-electron chi connectivity index (χ1n) is 28.0. The first kappa shape index (κ1) is 66.0. The standard InChI is InChI=1S/C65H100O6/c1-4-7-10-13-16-19-22-25-28-31-32-35-37-40-43-46-49-52-55-58-64(67)70-61-62(71-65(68)59-56-53-50-47-44-41-38-34-30-27-24-21-18-15-12-9-6-3)60-69-63(66)57-54-51-48-45-42-39-36-33-29-26-23-20-17-14-11-8-5-2/h7,10,16-21,25-30,32,35-36,38-41,43,45,47-48,50,62H,4-6,8-9,11-15,22-24,31,33-34,37,42,44,46,49,51-61H2,1-3H3/b10-7-,19-16-,20-17-,21-18-,28-25-,29-26-,30-27-,35-32-,39-36-,41-38-,43-40-,48-45-,50-47-/t62-/m1/s1. The number of rotatable bonds is 48. The van der Waals surface area contributed by atoms with Gasteiger partial charge in [-0.3, -0.25) is 14.4 Å². The van der Waals surface area contributed by atoms with Gasteiger partial charge in [0.1, 0.15) is 13.2 Å². The summed E-state index contributed by atoms with van der Waals surface area (Å²) < 4.78 is 16.7. The van der Waals surface area contributed by atoms with E-state index in [0.717, 1.165) is 109 Å². The lowest BCUT2D eigenvalue weighted by molar-refractivity contribution is -0.167. The average molecular weight is 978 g/mol. The Morgan fingerprint density at radius 2 is 0.563 bits per heavy atom. The van der Waals surface area contributed by atoms with Crippen LogP contribution in [0, 0.1) is 0 Å². The molecule has 0 aromatic carbocycles. The maximum absolute atomic E-state index is 12.8. The van der Waals surface area contributed by atoms with Crippen LogP contribution in [0.3, 0.4) is 0 Å². The third-order valence-electron chi connectivity index (χ3n) is 11.0. The predicted molar refractivity (Wildman–Crippen MR) is 306 cm³/mol. The Morgan fingerprint density at radius 1 is 0.296 bits per heavy atom. The molecule has 0 saturated heterocycles. The number of hydrogen-bond acceptors (Lipinski definition) is 6. The van der Waals surface area contributed by atoms with Crippen LogP contribution < -0.4 is 0 Å². The fraction of sp³-hybridized carbons (Fsp3) is 0.554. The van der Waals surface area contributed by atoms with Crippen molar-refractivity contribution in [2.45, 2.75) is 219 Å².